The van der Waals surface area contributed by atoms with Gasteiger partial charge in [0, 0.05) is 24.2 Å². The van der Waals surface area contributed by atoms with Crippen LogP contribution in [-0.4, -0.2) is 48.1 Å². The predicted molar refractivity (Wildman–Crippen MR) is 58.0 cm³/mol. The van der Waals surface area contributed by atoms with Gasteiger partial charge in [-0.3, -0.25) is 9.80 Å². The van der Waals surface area contributed by atoms with E-state index in [4.69, 9.17) is 0 Å². The standard InChI is InChI=1S/C11H24N2/c1-10(2)9-11(3,4)13(6)8-7-12(10)5/h7-9H2,1-6H3. The molecule has 0 aliphatic carbocycles. The number of rotatable bonds is 0. The molecule has 1 saturated heterocycles. The minimum Gasteiger partial charge on any atom is -0.300 e. The molecule has 2 heteroatoms. The van der Waals surface area contributed by atoms with Crippen LogP contribution in [0.5, 0.6) is 0 Å². The average molecular weight is 184 g/mol. The van der Waals surface area contributed by atoms with Gasteiger partial charge in [0.05, 0.1) is 0 Å². The summed E-state index contributed by atoms with van der Waals surface area (Å²) in [6.07, 6.45) is 1.23. The Morgan fingerprint density at radius 2 is 1.08 bits per heavy atom. The molecule has 0 saturated carbocycles. The molecule has 1 heterocycles. The van der Waals surface area contributed by atoms with E-state index < -0.39 is 0 Å². The van der Waals surface area contributed by atoms with Crippen molar-refractivity contribution in [2.24, 2.45) is 0 Å². The fraction of sp³-hybridized carbons (Fsp3) is 1.00. The Morgan fingerprint density at radius 1 is 0.769 bits per heavy atom. The highest BCUT2D eigenvalue weighted by Crippen LogP contribution is 2.31. The second-order valence-corrected chi connectivity index (χ2v) is 5.64. The van der Waals surface area contributed by atoms with Crippen LogP contribution in [0.1, 0.15) is 34.1 Å². The highest BCUT2D eigenvalue weighted by atomic mass is 15.3. The van der Waals surface area contributed by atoms with Gasteiger partial charge >= 0.3 is 0 Å². The predicted octanol–water partition coefficient (Wildman–Crippen LogP) is 1.81. The molecule has 0 aromatic heterocycles. The summed E-state index contributed by atoms with van der Waals surface area (Å²) in [5.74, 6) is 0. The molecule has 0 amide bonds. The van der Waals surface area contributed by atoms with Crippen molar-refractivity contribution in [3.8, 4) is 0 Å². The van der Waals surface area contributed by atoms with Crippen LogP contribution in [0.3, 0.4) is 0 Å². The zero-order chi connectivity index (χ0) is 10.3. The molecule has 1 rings (SSSR count). The molecule has 0 aromatic rings. The maximum absolute atomic E-state index is 2.47. The second kappa shape index (κ2) is 3.25. The lowest BCUT2D eigenvalue weighted by Gasteiger charge is -2.40. The van der Waals surface area contributed by atoms with E-state index >= 15 is 0 Å². The molecule has 1 fully saturated rings. The number of likely N-dealkylation sites (N-methyl/N-ethyl adjacent to an activating group) is 2. The molecule has 1 aliphatic rings. The van der Waals surface area contributed by atoms with Crippen molar-refractivity contribution in [3.63, 3.8) is 0 Å². The number of hydrogen-bond acceptors (Lipinski definition) is 2. The molecule has 78 valence electrons. The third kappa shape index (κ3) is 2.23. The second-order valence-electron chi connectivity index (χ2n) is 5.64. The quantitative estimate of drug-likeness (QED) is 0.566. The number of nitrogens with zero attached hydrogens (tertiary/aromatic N) is 2. The maximum Gasteiger partial charge on any atom is 0.0168 e. The van der Waals surface area contributed by atoms with E-state index in [1.165, 1.54) is 19.5 Å². The fourth-order valence-corrected chi connectivity index (χ4v) is 2.23. The van der Waals surface area contributed by atoms with Crippen LogP contribution >= 0.6 is 0 Å². The van der Waals surface area contributed by atoms with E-state index in [0.717, 1.165) is 0 Å². The summed E-state index contributed by atoms with van der Waals surface area (Å²) >= 11 is 0. The Bertz CT molecular complexity index is 165. The summed E-state index contributed by atoms with van der Waals surface area (Å²) in [6.45, 7) is 11.7. The zero-order valence-electron chi connectivity index (χ0n) is 10.0. The van der Waals surface area contributed by atoms with Crippen molar-refractivity contribution >= 4 is 0 Å². The van der Waals surface area contributed by atoms with Crippen LogP contribution < -0.4 is 0 Å². The highest BCUT2D eigenvalue weighted by Gasteiger charge is 2.37. The molecule has 2 nitrogen and oxygen atoms in total. The molecule has 13 heavy (non-hydrogen) atoms. The summed E-state index contributed by atoms with van der Waals surface area (Å²) in [5, 5.41) is 0. The molecule has 0 atom stereocenters. The Hall–Kier alpha value is -0.0800. The van der Waals surface area contributed by atoms with E-state index in [9.17, 15) is 0 Å². The van der Waals surface area contributed by atoms with E-state index in [1.807, 2.05) is 0 Å². The summed E-state index contributed by atoms with van der Waals surface area (Å²) in [7, 11) is 4.46. The third-order valence-electron chi connectivity index (χ3n) is 3.70. The van der Waals surface area contributed by atoms with Crippen molar-refractivity contribution in [3.05, 3.63) is 0 Å². The van der Waals surface area contributed by atoms with Crippen molar-refractivity contribution in [1.82, 2.24) is 9.80 Å². The lowest BCUT2D eigenvalue weighted by molar-refractivity contribution is 0.119. The summed E-state index contributed by atoms with van der Waals surface area (Å²) in [6, 6.07) is 0. The van der Waals surface area contributed by atoms with Crippen LogP contribution in [0.15, 0.2) is 0 Å². The molecular formula is C11H24N2. The molecule has 0 N–H and O–H groups in total. The van der Waals surface area contributed by atoms with Gasteiger partial charge < -0.3 is 0 Å². The van der Waals surface area contributed by atoms with Crippen LogP contribution in [0.25, 0.3) is 0 Å². The SMILES string of the molecule is CN1CCN(C)C(C)(C)CC1(C)C. The number of hydrogen-bond donors (Lipinski definition) is 0. The largest absolute Gasteiger partial charge is 0.300 e. The molecule has 0 bridgehead atoms. The van der Waals surface area contributed by atoms with Gasteiger partial charge in [-0.1, -0.05) is 0 Å². The first kappa shape index (κ1) is 11.0. The molecular weight excluding hydrogens is 160 g/mol. The normalized spacial score (nSPS) is 30.0. The lowest BCUT2D eigenvalue weighted by atomic mass is 9.86. The molecule has 0 spiro atoms. The van der Waals surface area contributed by atoms with Gasteiger partial charge in [-0.2, -0.15) is 0 Å². The minimum absolute atomic E-state index is 0.328. The van der Waals surface area contributed by atoms with Crippen molar-refractivity contribution in [1.29, 1.82) is 0 Å². The molecule has 0 radical (unpaired) electrons. The fourth-order valence-electron chi connectivity index (χ4n) is 2.23. The van der Waals surface area contributed by atoms with Gasteiger partial charge in [0.25, 0.3) is 0 Å². The van der Waals surface area contributed by atoms with Gasteiger partial charge in [0.15, 0.2) is 0 Å². The summed E-state index contributed by atoms with van der Waals surface area (Å²) in [4.78, 5) is 4.94. The lowest BCUT2D eigenvalue weighted by Crippen LogP contribution is -2.46. The van der Waals surface area contributed by atoms with E-state index in [-0.39, 0.29) is 0 Å². The Balaban J connectivity index is 2.84. The van der Waals surface area contributed by atoms with Crippen molar-refractivity contribution in [2.45, 2.75) is 45.2 Å². The minimum atomic E-state index is 0.328. The van der Waals surface area contributed by atoms with Crippen LogP contribution in [0, 0.1) is 0 Å². The smallest absolute Gasteiger partial charge is 0.0168 e. The van der Waals surface area contributed by atoms with E-state index in [2.05, 4.69) is 51.6 Å². The average Bonchev–Trinajstić information content (AvgIpc) is 2.00. The van der Waals surface area contributed by atoms with Gasteiger partial charge in [-0.15, -0.1) is 0 Å². The first-order valence-corrected chi connectivity index (χ1v) is 5.18. The monoisotopic (exact) mass is 184 g/mol. The molecule has 1 aliphatic heterocycles. The maximum atomic E-state index is 2.47. The summed E-state index contributed by atoms with van der Waals surface area (Å²) in [5.41, 5.74) is 0.655. The first-order valence-electron chi connectivity index (χ1n) is 5.18. The first-order chi connectivity index (χ1) is 5.76. The Kier molecular flexibility index (Phi) is 2.75. The third-order valence-corrected chi connectivity index (χ3v) is 3.70. The summed E-state index contributed by atoms with van der Waals surface area (Å²) < 4.78 is 0. The van der Waals surface area contributed by atoms with Gasteiger partial charge in [0.2, 0.25) is 0 Å². The van der Waals surface area contributed by atoms with Crippen molar-refractivity contribution < 1.29 is 0 Å². The zero-order valence-corrected chi connectivity index (χ0v) is 10.0. The molecule has 0 unspecified atom stereocenters. The van der Waals surface area contributed by atoms with Gasteiger partial charge in [-0.25, -0.2) is 0 Å². The van der Waals surface area contributed by atoms with Gasteiger partial charge in [-0.05, 0) is 48.2 Å². The van der Waals surface area contributed by atoms with E-state index in [0.29, 0.717) is 11.1 Å². The van der Waals surface area contributed by atoms with Crippen LogP contribution in [0.2, 0.25) is 0 Å². The van der Waals surface area contributed by atoms with Crippen molar-refractivity contribution in [2.75, 3.05) is 27.2 Å². The van der Waals surface area contributed by atoms with E-state index in [1.54, 1.807) is 0 Å². The van der Waals surface area contributed by atoms with Crippen LogP contribution in [-0.2, 0) is 0 Å². The van der Waals surface area contributed by atoms with Gasteiger partial charge in [0.1, 0.15) is 0 Å². The van der Waals surface area contributed by atoms with Crippen LogP contribution in [0.4, 0.5) is 0 Å². The Morgan fingerprint density at radius 3 is 1.38 bits per heavy atom. The Labute approximate surface area is 82.9 Å². The topological polar surface area (TPSA) is 6.48 Å². The highest BCUT2D eigenvalue weighted by molar-refractivity contribution is 4.94. The molecule has 0 aromatic carbocycles.